The molecule has 2 rings (SSSR count). The molecule has 0 heterocycles. The number of halogens is 3. The van der Waals surface area contributed by atoms with E-state index in [9.17, 15) is 23.1 Å². The molecule has 0 saturated carbocycles. The summed E-state index contributed by atoms with van der Waals surface area (Å²) in [4.78, 5) is 12.2. The van der Waals surface area contributed by atoms with E-state index < -0.39 is 23.5 Å². The number of benzene rings is 2. The summed E-state index contributed by atoms with van der Waals surface area (Å²) in [6.07, 6.45) is 2.74. The van der Waals surface area contributed by atoms with Crippen LogP contribution in [0.25, 0.3) is 5.57 Å². The van der Waals surface area contributed by atoms with Crippen molar-refractivity contribution in [2.45, 2.75) is 39.8 Å². The summed E-state index contributed by atoms with van der Waals surface area (Å²) in [5.41, 5.74) is 0.985. The minimum Gasteiger partial charge on any atom is -0.508 e. The first-order chi connectivity index (χ1) is 15.2. The quantitative estimate of drug-likeness (QED) is 0.306. The van der Waals surface area contributed by atoms with Crippen LogP contribution in [0.15, 0.2) is 54.6 Å². The summed E-state index contributed by atoms with van der Waals surface area (Å²) in [5, 5.41) is 9.46. The van der Waals surface area contributed by atoms with Gasteiger partial charge in [0.15, 0.2) is 0 Å². The summed E-state index contributed by atoms with van der Waals surface area (Å²) in [7, 11) is 0. The van der Waals surface area contributed by atoms with Gasteiger partial charge in [-0.05, 0) is 67.8 Å². The maximum absolute atomic E-state index is 13.4. The lowest BCUT2D eigenvalue weighted by Gasteiger charge is -2.11. The first-order valence-corrected chi connectivity index (χ1v) is 10.3. The number of carbonyl (C=O) groups excluding carboxylic acids is 1. The van der Waals surface area contributed by atoms with Crippen molar-refractivity contribution in [1.29, 1.82) is 0 Å². The first-order valence-electron chi connectivity index (χ1n) is 10.3. The third-order valence-corrected chi connectivity index (χ3v) is 4.48. The van der Waals surface area contributed by atoms with Crippen molar-refractivity contribution in [3.8, 4) is 17.6 Å². The van der Waals surface area contributed by atoms with Crippen molar-refractivity contribution in [2.24, 2.45) is 0 Å². The molecule has 0 aliphatic heterocycles. The Kier molecular flexibility index (Phi) is 8.71. The molecular formula is C26H25F3O3. The lowest BCUT2D eigenvalue weighted by Crippen LogP contribution is -2.07. The number of alkyl halides is 3. The molecule has 0 atom stereocenters. The van der Waals surface area contributed by atoms with E-state index in [0.29, 0.717) is 22.8 Å². The second kappa shape index (κ2) is 11.2. The smallest absolute Gasteiger partial charge is 0.417 e. The summed E-state index contributed by atoms with van der Waals surface area (Å²) in [6, 6.07) is 7.74. The Morgan fingerprint density at radius 3 is 2.41 bits per heavy atom. The van der Waals surface area contributed by atoms with Gasteiger partial charge in [0.2, 0.25) is 0 Å². The lowest BCUT2D eigenvalue weighted by molar-refractivity contribution is -0.137. The molecule has 0 saturated heterocycles. The molecule has 168 valence electrons. The van der Waals surface area contributed by atoms with Gasteiger partial charge in [0.05, 0.1) is 17.7 Å². The fraction of sp³-hybridized carbons (Fsp3) is 0.269. The number of hydrogen-bond donors (Lipinski definition) is 1. The average molecular weight is 442 g/mol. The van der Waals surface area contributed by atoms with E-state index in [1.54, 1.807) is 25.1 Å². The molecule has 2 aromatic carbocycles. The van der Waals surface area contributed by atoms with Crippen molar-refractivity contribution in [2.75, 3.05) is 6.61 Å². The highest BCUT2D eigenvalue weighted by molar-refractivity contribution is 5.92. The number of unbranched alkanes of at least 4 members (excludes halogenated alkanes) is 1. The number of rotatable bonds is 6. The largest absolute Gasteiger partial charge is 0.508 e. The predicted molar refractivity (Wildman–Crippen MR) is 119 cm³/mol. The van der Waals surface area contributed by atoms with Gasteiger partial charge in [-0.15, -0.1) is 0 Å². The molecule has 1 N–H and O–H groups in total. The zero-order valence-electron chi connectivity index (χ0n) is 18.2. The minimum atomic E-state index is -4.66. The molecule has 0 bridgehead atoms. The highest BCUT2D eigenvalue weighted by Gasteiger charge is 2.33. The van der Waals surface area contributed by atoms with Crippen LogP contribution in [0.3, 0.4) is 0 Å². The zero-order chi connectivity index (χ0) is 23.7. The number of allylic oxidation sites excluding steroid dienone is 4. The van der Waals surface area contributed by atoms with Gasteiger partial charge in [-0.2, -0.15) is 13.2 Å². The maximum Gasteiger partial charge on any atom is 0.417 e. The summed E-state index contributed by atoms with van der Waals surface area (Å²) in [6.45, 7) is 5.82. The molecule has 0 spiro atoms. The predicted octanol–water partition coefficient (Wildman–Crippen LogP) is 6.75. The van der Waals surface area contributed by atoms with Gasteiger partial charge >= 0.3 is 12.1 Å². The number of phenolic OH excluding ortho intramolecular Hbond substituents is 1. The number of hydrogen-bond acceptors (Lipinski definition) is 3. The lowest BCUT2D eigenvalue weighted by atomic mass is 9.95. The molecule has 2 aromatic rings. The SMILES string of the molecule is C/C=C\C(=C/CCC)c1cc(C(=O)OCC)ccc1C#Cc1ccc(O)cc1C(F)(F)F. The number of phenols is 1. The highest BCUT2D eigenvalue weighted by Crippen LogP contribution is 2.34. The second-order valence-electron chi connectivity index (χ2n) is 6.91. The zero-order valence-corrected chi connectivity index (χ0v) is 18.2. The van der Waals surface area contributed by atoms with Gasteiger partial charge in [-0.1, -0.05) is 43.4 Å². The van der Waals surface area contributed by atoms with Crippen LogP contribution in [0, 0.1) is 11.8 Å². The van der Waals surface area contributed by atoms with E-state index in [2.05, 4.69) is 11.8 Å². The van der Waals surface area contributed by atoms with Crippen LogP contribution in [0.5, 0.6) is 5.75 Å². The first kappa shape index (κ1) is 24.8. The summed E-state index contributed by atoms with van der Waals surface area (Å²) >= 11 is 0. The molecule has 0 aliphatic rings. The Labute approximate surface area is 186 Å². The van der Waals surface area contributed by atoms with Gasteiger partial charge in [-0.3, -0.25) is 0 Å². The fourth-order valence-electron chi connectivity index (χ4n) is 2.99. The molecule has 6 heteroatoms. The van der Waals surface area contributed by atoms with Gasteiger partial charge in [-0.25, -0.2) is 4.79 Å². The Morgan fingerprint density at radius 2 is 1.78 bits per heavy atom. The molecule has 0 unspecified atom stereocenters. The van der Waals surface area contributed by atoms with Crippen LogP contribution >= 0.6 is 0 Å². The third kappa shape index (κ3) is 6.52. The molecule has 32 heavy (non-hydrogen) atoms. The van der Waals surface area contributed by atoms with Gasteiger partial charge < -0.3 is 9.84 Å². The van der Waals surface area contributed by atoms with Crippen molar-refractivity contribution in [3.05, 3.63) is 82.4 Å². The van der Waals surface area contributed by atoms with Crippen molar-refractivity contribution in [3.63, 3.8) is 0 Å². The number of aromatic hydroxyl groups is 1. The molecule has 0 fully saturated rings. The molecule has 0 amide bonds. The van der Waals surface area contributed by atoms with Crippen LogP contribution in [0.2, 0.25) is 0 Å². The van der Waals surface area contributed by atoms with E-state index >= 15 is 0 Å². The van der Waals surface area contributed by atoms with Crippen LogP contribution in [0.4, 0.5) is 13.2 Å². The van der Waals surface area contributed by atoms with E-state index in [1.807, 2.05) is 32.1 Å². The molecular weight excluding hydrogens is 417 g/mol. The van der Waals surface area contributed by atoms with Crippen molar-refractivity contribution >= 4 is 11.5 Å². The molecule has 0 aromatic heterocycles. The van der Waals surface area contributed by atoms with E-state index in [1.165, 1.54) is 0 Å². The summed E-state index contributed by atoms with van der Waals surface area (Å²) < 4.78 is 45.2. The van der Waals surface area contributed by atoms with Crippen molar-refractivity contribution in [1.82, 2.24) is 0 Å². The Hall–Kier alpha value is -3.46. The second-order valence-corrected chi connectivity index (χ2v) is 6.91. The van der Waals surface area contributed by atoms with E-state index in [0.717, 1.165) is 30.5 Å². The number of ether oxygens (including phenoxy) is 1. The topological polar surface area (TPSA) is 46.5 Å². The van der Waals surface area contributed by atoms with Crippen LogP contribution in [-0.4, -0.2) is 17.7 Å². The standard InChI is InChI=1S/C26H25F3O3/c1-4-7-9-18(8-5-2)23-16-21(25(31)32-6-3)13-11-19(23)10-12-20-14-15-22(30)17-24(20)26(27,28)29/h5,8-9,11,13-17,30H,4,6-7H2,1-3H3/b8-5-,18-9+. The fourth-order valence-corrected chi connectivity index (χ4v) is 2.99. The van der Waals surface area contributed by atoms with Gasteiger partial charge in [0.1, 0.15) is 5.75 Å². The number of esters is 1. The third-order valence-electron chi connectivity index (χ3n) is 4.48. The van der Waals surface area contributed by atoms with Crippen molar-refractivity contribution < 1.29 is 27.8 Å². The Morgan fingerprint density at radius 1 is 1.09 bits per heavy atom. The van der Waals surface area contributed by atoms with Gasteiger partial charge in [0.25, 0.3) is 0 Å². The van der Waals surface area contributed by atoms with Crippen LogP contribution < -0.4 is 0 Å². The minimum absolute atomic E-state index is 0.226. The van der Waals surface area contributed by atoms with E-state index in [4.69, 9.17) is 4.74 Å². The summed E-state index contributed by atoms with van der Waals surface area (Å²) in [5.74, 6) is 4.43. The van der Waals surface area contributed by atoms with Crippen LogP contribution in [-0.2, 0) is 10.9 Å². The van der Waals surface area contributed by atoms with Gasteiger partial charge in [0, 0.05) is 11.1 Å². The average Bonchev–Trinajstić information content (AvgIpc) is 2.75. The maximum atomic E-state index is 13.4. The highest BCUT2D eigenvalue weighted by atomic mass is 19.4. The molecule has 3 nitrogen and oxygen atoms in total. The Bertz CT molecular complexity index is 1080. The number of carbonyl (C=O) groups is 1. The Balaban J connectivity index is 2.66. The molecule has 0 radical (unpaired) electrons. The van der Waals surface area contributed by atoms with E-state index in [-0.39, 0.29) is 12.2 Å². The monoisotopic (exact) mass is 442 g/mol. The normalized spacial score (nSPS) is 11.9. The molecule has 0 aliphatic carbocycles. The van der Waals surface area contributed by atoms with Crippen LogP contribution in [0.1, 0.15) is 66.2 Å².